The van der Waals surface area contributed by atoms with Crippen LogP contribution in [0.4, 0.5) is 0 Å². The highest BCUT2D eigenvalue weighted by molar-refractivity contribution is 6.29. The summed E-state index contributed by atoms with van der Waals surface area (Å²) >= 11 is 0. The molecule has 0 saturated heterocycles. The molecule has 0 aliphatic rings. The third-order valence-corrected chi connectivity index (χ3v) is 11.9. The van der Waals surface area contributed by atoms with E-state index in [-0.39, 0.29) is 0 Å². The summed E-state index contributed by atoms with van der Waals surface area (Å²) in [6, 6.07) is 62.6. The lowest BCUT2D eigenvalue weighted by molar-refractivity contribution is 0.666. The molecule has 0 N–H and O–H groups in total. The quantitative estimate of drug-likeness (QED) is 0.170. The van der Waals surface area contributed by atoms with E-state index in [0.29, 0.717) is 0 Å². The maximum Gasteiger partial charge on any atom is 0.159 e. The van der Waals surface area contributed by atoms with Crippen molar-refractivity contribution in [3.63, 3.8) is 0 Å². The van der Waals surface area contributed by atoms with E-state index in [4.69, 9.17) is 14.4 Å². The summed E-state index contributed by atoms with van der Waals surface area (Å²) in [4.78, 5) is 10.4. The third kappa shape index (κ3) is 4.17. The van der Waals surface area contributed by atoms with Gasteiger partial charge in [0.15, 0.2) is 5.58 Å². The van der Waals surface area contributed by atoms with Crippen molar-refractivity contribution >= 4 is 98.1 Å². The monoisotopic (exact) mass is 726 g/mol. The lowest BCUT2D eigenvalue weighted by atomic mass is 9.99. The first-order valence-corrected chi connectivity index (χ1v) is 19.3. The SMILES string of the molecule is c1cc(-c2cnc3c4ccccc4c4ccccc4c3n2)cc(-n2c3ccccc3c3c4c5ccccc5n(-c5cccc6c5oc5ccccc56)c4ccc32)c1. The smallest absolute Gasteiger partial charge is 0.159 e. The largest absolute Gasteiger partial charge is 0.454 e. The summed E-state index contributed by atoms with van der Waals surface area (Å²) in [6.45, 7) is 0. The van der Waals surface area contributed by atoms with Crippen LogP contribution in [0, 0.1) is 0 Å². The minimum absolute atomic E-state index is 0.843. The zero-order chi connectivity index (χ0) is 37.2. The molecule has 13 aromatic rings. The molecule has 264 valence electrons. The van der Waals surface area contributed by atoms with Crippen molar-refractivity contribution in [2.45, 2.75) is 0 Å². The molecule has 0 spiro atoms. The van der Waals surface area contributed by atoms with E-state index in [9.17, 15) is 0 Å². The van der Waals surface area contributed by atoms with Crippen molar-refractivity contribution in [3.05, 3.63) is 182 Å². The van der Waals surface area contributed by atoms with Crippen molar-refractivity contribution < 1.29 is 4.42 Å². The van der Waals surface area contributed by atoms with Gasteiger partial charge in [0.25, 0.3) is 0 Å². The molecule has 0 radical (unpaired) electrons. The van der Waals surface area contributed by atoms with Crippen LogP contribution >= 0.6 is 0 Å². The van der Waals surface area contributed by atoms with E-state index in [1.165, 1.54) is 32.3 Å². The van der Waals surface area contributed by atoms with E-state index in [1.807, 2.05) is 12.3 Å². The summed E-state index contributed by atoms with van der Waals surface area (Å²) in [7, 11) is 0. The summed E-state index contributed by atoms with van der Waals surface area (Å²) < 4.78 is 11.4. The topological polar surface area (TPSA) is 48.8 Å². The molecule has 0 unspecified atom stereocenters. The zero-order valence-electron chi connectivity index (χ0n) is 30.5. The van der Waals surface area contributed by atoms with Crippen molar-refractivity contribution in [1.29, 1.82) is 0 Å². The van der Waals surface area contributed by atoms with E-state index in [0.717, 1.165) is 88.4 Å². The van der Waals surface area contributed by atoms with Gasteiger partial charge in [-0.05, 0) is 59.3 Å². The Morgan fingerprint density at radius 3 is 1.70 bits per heavy atom. The Morgan fingerprint density at radius 2 is 0.965 bits per heavy atom. The average Bonchev–Trinajstić information content (AvgIpc) is 3.94. The molecular formula is C52H30N4O. The number of aromatic nitrogens is 4. The van der Waals surface area contributed by atoms with Crippen LogP contribution in [-0.4, -0.2) is 19.1 Å². The van der Waals surface area contributed by atoms with Crippen LogP contribution in [0.1, 0.15) is 0 Å². The van der Waals surface area contributed by atoms with E-state index in [2.05, 4.69) is 179 Å². The number of fused-ring (bicyclic) bond motifs is 16. The molecule has 0 amide bonds. The summed E-state index contributed by atoms with van der Waals surface area (Å²) in [5.74, 6) is 0. The average molecular weight is 727 g/mol. The predicted octanol–water partition coefficient (Wildman–Crippen LogP) is 13.7. The Labute approximate surface area is 325 Å². The van der Waals surface area contributed by atoms with Gasteiger partial charge in [0.05, 0.1) is 50.7 Å². The maximum absolute atomic E-state index is 6.60. The first-order valence-electron chi connectivity index (χ1n) is 19.3. The van der Waals surface area contributed by atoms with Crippen molar-refractivity contribution in [2.24, 2.45) is 0 Å². The molecule has 0 saturated carbocycles. The van der Waals surface area contributed by atoms with Crippen LogP contribution < -0.4 is 0 Å². The van der Waals surface area contributed by atoms with E-state index >= 15 is 0 Å². The Hall–Kier alpha value is -7.76. The molecular weight excluding hydrogens is 697 g/mol. The molecule has 13 rings (SSSR count). The number of para-hydroxylation sites is 4. The number of hydrogen-bond acceptors (Lipinski definition) is 3. The lowest BCUT2D eigenvalue weighted by Crippen LogP contribution is -1.96. The summed E-state index contributed by atoms with van der Waals surface area (Å²) in [5.41, 5.74) is 12.2. The number of furan rings is 1. The standard InChI is InChI=1S/C52H30N4O/c1-3-18-36-33(15-1)34-16-2-4-19-37(34)51-50(36)53-30-41(54-51)31-13-11-14-32(29-31)55-42-23-8-5-20-39(42)48-44(55)27-28-45-49(48)40-21-6-9-24-43(40)56(45)46-25-12-22-38-35-17-7-10-26-47(35)57-52(38)46/h1-30H. The number of benzene rings is 9. The van der Waals surface area contributed by atoms with Crippen molar-refractivity contribution in [2.75, 3.05) is 0 Å². The van der Waals surface area contributed by atoms with Gasteiger partial charge in [-0.3, -0.25) is 4.98 Å². The van der Waals surface area contributed by atoms with Gasteiger partial charge in [0.1, 0.15) is 5.58 Å². The highest BCUT2D eigenvalue weighted by Crippen LogP contribution is 2.44. The highest BCUT2D eigenvalue weighted by Gasteiger charge is 2.22. The van der Waals surface area contributed by atoms with Gasteiger partial charge < -0.3 is 13.6 Å². The summed E-state index contributed by atoms with van der Waals surface area (Å²) in [5, 5.41) is 11.7. The van der Waals surface area contributed by atoms with E-state index < -0.39 is 0 Å². The van der Waals surface area contributed by atoms with Gasteiger partial charge in [0.2, 0.25) is 0 Å². The van der Waals surface area contributed by atoms with Gasteiger partial charge in [0, 0.05) is 54.3 Å². The highest BCUT2D eigenvalue weighted by atomic mass is 16.3. The van der Waals surface area contributed by atoms with Crippen LogP contribution in [0.25, 0.3) is 121 Å². The molecule has 4 aromatic heterocycles. The van der Waals surface area contributed by atoms with Gasteiger partial charge in [-0.2, -0.15) is 0 Å². The molecule has 0 atom stereocenters. The van der Waals surface area contributed by atoms with Gasteiger partial charge in [-0.25, -0.2) is 4.98 Å². The van der Waals surface area contributed by atoms with Crippen LogP contribution in [0.15, 0.2) is 187 Å². The second-order valence-corrected chi connectivity index (χ2v) is 14.9. The van der Waals surface area contributed by atoms with Crippen molar-refractivity contribution in [3.8, 4) is 22.6 Å². The summed E-state index contributed by atoms with van der Waals surface area (Å²) in [6.07, 6.45) is 1.93. The van der Waals surface area contributed by atoms with Crippen molar-refractivity contribution in [1.82, 2.24) is 19.1 Å². The minimum atomic E-state index is 0.843. The fourth-order valence-corrected chi connectivity index (χ4v) is 9.53. The second-order valence-electron chi connectivity index (χ2n) is 14.9. The molecule has 0 aliphatic heterocycles. The fraction of sp³-hybridized carbons (Fsp3) is 0. The van der Waals surface area contributed by atoms with Gasteiger partial charge in [-0.1, -0.05) is 127 Å². The first-order chi connectivity index (χ1) is 28.3. The van der Waals surface area contributed by atoms with Gasteiger partial charge in [-0.15, -0.1) is 0 Å². The lowest BCUT2D eigenvalue weighted by Gasteiger charge is -2.12. The first kappa shape index (κ1) is 30.6. The Balaban J connectivity index is 1.06. The molecule has 5 nitrogen and oxygen atoms in total. The minimum Gasteiger partial charge on any atom is -0.454 e. The third-order valence-electron chi connectivity index (χ3n) is 11.9. The molecule has 0 aliphatic carbocycles. The molecule has 4 heterocycles. The molecule has 0 bridgehead atoms. The molecule has 0 fully saturated rings. The van der Waals surface area contributed by atoms with Crippen LogP contribution in [0.5, 0.6) is 0 Å². The Bertz CT molecular complexity index is 3790. The Morgan fingerprint density at radius 1 is 0.404 bits per heavy atom. The Kier molecular flexibility index (Phi) is 6.10. The second kappa shape index (κ2) is 11.4. The zero-order valence-corrected chi connectivity index (χ0v) is 30.5. The van der Waals surface area contributed by atoms with Crippen LogP contribution in [0.3, 0.4) is 0 Å². The number of hydrogen-bond donors (Lipinski definition) is 0. The molecule has 57 heavy (non-hydrogen) atoms. The van der Waals surface area contributed by atoms with Crippen LogP contribution in [-0.2, 0) is 0 Å². The van der Waals surface area contributed by atoms with Crippen LogP contribution in [0.2, 0.25) is 0 Å². The molecule has 9 aromatic carbocycles. The number of nitrogens with zero attached hydrogens (tertiary/aromatic N) is 4. The predicted molar refractivity (Wildman–Crippen MR) is 236 cm³/mol. The normalized spacial score (nSPS) is 12.2. The number of rotatable bonds is 3. The van der Waals surface area contributed by atoms with Gasteiger partial charge >= 0.3 is 0 Å². The fourth-order valence-electron chi connectivity index (χ4n) is 9.53. The molecule has 5 heteroatoms. The van der Waals surface area contributed by atoms with E-state index in [1.54, 1.807) is 0 Å². The maximum atomic E-state index is 6.60.